The highest BCUT2D eigenvalue weighted by molar-refractivity contribution is 7.15. The lowest BCUT2D eigenvalue weighted by atomic mass is 10.2. The molecule has 3 heterocycles. The van der Waals surface area contributed by atoms with Gasteiger partial charge in [0, 0.05) is 24.4 Å². The number of aromatic nitrogens is 1. The average molecular weight is 220 g/mol. The van der Waals surface area contributed by atoms with Crippen molar-refractivity contribution in [3.05, 3.63) is 28.5 Å². The number of thiazole rings is 1. The first-order chi connectivity index (χ1) is 7.34. The first kappa shape index (κ1) is 9.12. The normalized spacial score (nSPS) is 15.3. The molecule has 0 saturated carbocycles. The van der Waals surface area contributed by atoms with Gasteiger partial charge in [-0.25, -0.2) is 4.98 Å². The third-order valence-corrected chi connectivity index (χ3v) is 3.76. The molecule has 3 nitrogen and oxygen atoms in total. The van der Waals surface area contributed by atoms with Crippen LogP contribution in [0.3, 0.4) is 0 Å². The van der Waals surface area contributed by atoms with Gasteiger partial charge >= 0.3 is 0 Å². The molecule has 0 spiro atoms. The number of hydrogen-bond donors (Lipinski definition) is 1. The summed E-state index contributed by atoms with van der Waals surface area (Å²) in [6, 6.07) is 1.98. The first-order valence-corrected chi connectivity index (χ1v) is 5.90. The SMILES string of the molecule is Cc1ccoc1-c1nc2c(s1)CNCC2. The van der Waals surface area contributed by atoms with Crippen LogP contribution in [-0.4, -0.2) is 11.5 Å². The Morgan fingerprint density at radius 1 is 1.53 bits per heavy atom. The van der Waals surface area contributed by atoms with E-state index in [1.807, 2.05) is 6.07 Å². The summed E-state index contributed by atoms with van der Waals surface area (Å²) in [5.41, 5.74) is 2.40. The lowest BCUT2D eigenvalue weighted by Crippen LogP contribution is -2.22. The number of fused-ring (bicyclic) bond motifs is 1. The first-order valence-electron chi connectivity index (χ1n) is 5.08. The van der Waals surface area contributed by atoms with Gasteiger partial charge in [-0.3, -0.25) is 0 Å². The topological polar surface area (TPSA) is 38.1 Å². The molecule has 2 aromatic rings. The lowest BCUT2D eigenvalue weighted by molar-refractivity contribution is 0.579. The number of hydrogen-bond acceptors (Lipinski definition) is 4. The Morgan fingerprint density at radius 2 is 2.47 bits per heavy atom. The highest BCUT2D eigenvalue weighted by Gasteiger charge is 2.17. The molecule has 15 heavy (non-hydrogen) atoms. The van der Waals surface area contributed by atoms with Gasteiger partial charge < -0.3 is 9.73 Å². The zero-order chi connectivity index (χ0) is 10.3. The Labute approximate surface area is 92.1 Å². The fourth-order valence-corrected chi connectivity index (χ4v) is 2.95. The minimum Gasteiger partial charge on any atom is -0.462 e. The van der Waals surface area contributed by atoms with Gasteiger partial charge in [-0.15, -0.1) is 11.3 Å². The summed E-state index contributed by atoms with van der Waals surface area (Å²) in [6.45, 7) is 4.04. The molecular weight excluding hydrogens is 208 g/mol. The predicted molar refractivity (Wildman–Crippen MR) is 60.0 cm³/mol. The summed E-state index contributed by atoms with van der Waals surface area (Å²) >= 11 is 1.74. The number of nitrogens with zero attached hydrogens (tertiary/aromatic N) is 1. The van der Waals surface area contributed by atoms with E-state index >= 15 is 0 Å². The molecule has 1 N–H and O–H groups in total. The Morgan fingerprint density at radius 3 is 3.20 bits per heavy atom. The summed E-state index contributed by atoms with van der Waals surface area (Å²) in [7, 11) is 0. The third-order valence-electron chi connectivity index (χ3n) is 2.66. The monoisotopic (exact) mass is 220 g/mol. The van der Waals surface area contributed by atoms with Crippen LogP contribution in [0, 0.1) is 6.92 Å². The largest absolute Gasteiger partial charge is 0.462 e. The summed E-state index contributed by atoms with van der Waals surface area (Å²) in [6.07, 6.45) is 2.76. The molecule has 4 heteroatoms. The second-order valence-corrected chi connectivity index (χ2v) is 4.83. The molecule has 0 unspecified atom stereocenters. The van der Waals surface area contributed by atoms with Crippen LogP contribution in [-0.2, 0) is 13.0 Å². The number of furan rings is 1. The van der Waals surface area contributed by atoms with Crippen molar-refractivity contribution in [3.63, 3.8) is 0 Å². The van der Waals surface area contributed by atoms with Gasteiger partial charge in [-0.05, 0) is 18.6 Å². The van der Waals surface area contributed by atoms with Crippen molar-refractivity contribution >= 4 is 11.3 Å². The Balaban J connectivity index is 2.06. The van der Waals surface area contributed by atoms with E-state index in [0.29, 0.717) is 0 Å². The molecular formula is C11H12N2OS. The molecule has 0 atom stereocenters. The second-order valence-electron chi connectivity index (χ2n) is 3.75. The maximum Gasteiger partial charge on any atom is 0.165 e. The summed E-state index contributed by atoms with van der Waals surface area (Å²) in [5, 5.41) is 4.37. The van der Waals surface area contributed by atoms with E-state index in [4.69, 9.17) is 4.42 Å². The maximum atomic E-state index is 5.46. The van der Waals surface area contributed by atoms with Crippen molar-refractivity contribution in [3.8, 4) is 10.8 Å². The molecule has 0 bridgehead atoms. The smallest absolute Gasteiger partial charge is 0.165 e. The highest BCUT2D eigenvalue weighted by Crippen LogP contribution is 2.31. The van der Waals surface area contributed by atoms with Crippen LogP contribution in [0.5, 0.6) is 0 Å². The lowest BCUT2D eigenvalue weighted by Gasteiger charge is -2.09. The third kappa shape index (κ3) is 1.50. The van der Waals surface area contributed by atoms with Crippen LogP contribution in [0.25, 0.3) is 10.8 Å². The summed E-state index contributed by atoms with van der Waals surface area (Å²) < 4.78 is 5.46. The zero-order valence-electron chi connectivity index (χ0n) is 8.54. The molecule has 0 aliphatic carbocycles. The molecule has 78 valence electrons. The van der Waals surface area contributed by atoms with Crippen LogP contribution in [0.15, 0.2) is 16.7 Å². The van der Waals surface area contributed by atoms with Gasteiger partial charge in [-0.2, -0.15) is 0 Å². The number of nitrogens with one attached hydrogen (secondary N) is 1. The van der Waals surface area contributed by atoms with Gasteiger partial charge in [0.2, 0.25) is 0 Å². The second kappa shape index (κ2) is 3.47. The van der Waals surface area contributed by atoms with Gasteiger partial charge in [-0.1, -0.05) is 0 Å². The van der Waals surface area contributed by atoms with Crippen molar-refractivity contribution in [1.82, 2.24) is 10.3 Å². The minimum absolute atomic E-state index is 0.925. The van der Waals surface area contributed by atoms with E-state index in [9.17, 15) is 0 Å². The van der Waals surface area contributed by atoms with Crippen LogP contribution in [0.4, 0.5) is 0 Å². The molecule has 0 aromatic carbocycles. The van der Waals surface area contributed by atoms with Crippen molar-refractivity contribution < 1.29 is 4.42 Å². The quantitative estimate of drug-likeness (QED) is 0.801. The summed E-state index contributed by atoms with van der Waals surface area (Å²) in [4.78, 5) is 5.99. The molecule has 0 fully saturated rings. The van der Waals surface area contributed by atoms with Crippen LogP contribution >= 0.6 is 11.3 Å². The van der Waals surface area contributed by atoms with Crippen LogP contribution < -0.4 is 5.32 Å². The van der Waals surface area contributed by atoms with E-state index < -0.39 is 0 Å². The summed E-state index contributed by atoms with van der Waals surface area (Å²) in [5.74, 6) is 0.925. The zero-order valence-corrected chi connectivity index (χ0v) is 9.36. The van der Waals surface area contributed by atoms with Crippen LogP contribution in [0.2, 0.25) is 0 Å². The number of rotatable bonds is 1. The minimum atomic E-state index is 0.925. The average Bonchev–Trinajstić information content (AvgIpc) is 2.82. The molecule has 1 aliphatic heterocycles. The van der Waals surface area contributed by atoms with Crippen molar-refractivity contribution in [2.24, 2.45) is 0 Å². The van der Waals surface area contributed by atoms with Crippen LogP contribution in [0.1, 0.15) is 16.1 Å². The van der Waals surface area contributed by atoms with E-state index in [1.165, 1.54) is 10.6 Å². The van der Waals surface area contributed by atoms with Crippen molar-refractivity contribution in [2.45, 2.75) is 19.9 Å². The standard InChI is InChI=1S/C11H12N2OS/c1-7-3-5-14-10(7)11-13-8-2-4-12-6-9(8)15-11/h3,5,12H,2,4,6H2,1H3. The van der Waals surface area contributed by atoms with Gasteiger partial charge in [0.25, 0.3) is 0 Å². The molecule has 0 radical (unpaired) electrons. The fraction of sp³-hybridized carbons (Fsp3) is 0.364. The predicted octanol–water partition coefficient (Wildman–Crippen LogP) is 2.36. The van der Waals surface area contributed by atoms with Gasteiger partial charge in [0.05, 0.1) is 12.0 Å². The van der Waals surface area contributed by atoms with E-state index in [0.717, 1.165) is 35.8 Å². The Kier molecular flexibility index (Phi) is 2.11. The molecule has 3 rings (SSSR count). The Hall–Kier alpha value is -1.13. The van der Waals surface area contributed by atoms with Crippen molar-refractivity contribution in [1.29, 1.82) is 0 Å². The van der Waals surface area contributed by atoms with E-state index in [1.54, 1.807) is 17.6 Å². The number of aryl methyl sites for hydroxylation is 1. The van der Waals surface area contributed by atoms with Crippen molar-refractivity contribution in [2.75, 3.05) is 6.54 Å². The van der Waals surface area contributed by atoms with Gasteiger partial charge in [0.15, 0.2) is 10.8 Å². The van der Waals surface area contributed by atoms with Gasteiger partial charge in [0.1, 0.15) is 0 Å². The highest BCUT2D eigenvalue weighted by atomic mass is 32.1. The molecule has 0 saturated heterocycles. The molecule has 1 aliphatic rings. The fourth-order valence-electron chi connectivity index (χ4n) is 1.81. The molecule has 0 amide bonds. The maximum absolute atomic E-state index is 5.46. The van der Waals surface area contributed by atoms with E-state index in [-0.39, 0.29) is 0 Å². The Bertz CT molecular complexity index is 463. The van der Waals surface area contributed by atoms with E-state index in [2.05, 4.69) is 17.2 Å². The molecule has 2 aromatic heterocycles.